The minimum atomic E-state index is -0.830. The summed E-state index contributed by atoms with van der Waals surface area (Å²) in [7, 11) is 0. The average molecular weight is 345 g/mol. The van der Waals surface area contributed by atoms with Crippen LogP contribution in [0.1, 0.15) is 31.2 Å². The maximum Gasteiger partial charge on any atom is 0.240 e. The number of aryl methyl sites for hydroxylation is 1. The lowest BCUT2D eigenvalue weighted by Gasteiger charge is -2.32. The lowest BCUT2D eigenvalue weighted by Crippen LogP contribution is -2.59. The van der Waals surface area contributed by atoms with E-state index in [9.17, 15) is 9.59 Å². The number of ether oxygens (including phenoxy) is 1. The van der Waals surface area contributed by atoms with E-state index in [1.165, 1.54) is 5.56 Å². The average Bonchev–Trinajstić information content (AvgIpc) is 3.10. The minimum absolute atomic E-state index is 0.00329. The molecule has 1 unspecified atom stereocenters. The highest BCUT2D eigenvalue weighted by molar-refractivity contribution is 5.86. The third kappa shape index (κ3) is 4.58. The van der Waals surface area contributed by atoms with Gasteiger partial charge in [0.05, 0.1) is 5.54 Å². The van der Waals surface area contributed by atoms with E-state index in [2.05, 4.69) is 5.32 Å². The van der Waals surface area contributed by atoms with Crippen LogP contribution in [0.4, 0.5) is 0 Å². The zero-order valence-corrected chi connectivity index (χ0v) is 14.6. The number of carbonyl (C=O) groups excluding carboxylic acids is 2. The molecule has 1 atom stereocenters. The van der Waals surface area contributed by atoms with Crippen LogP contribution in [-0.4, -0.2) is 54.6 Å². The van der Waals surface area contributed by atoms with Gasteiger partial charge in [0, 0.05) is 38.8 Å². The summed E-state index contributed by atoms with van der Waals surface area (Å²) in [6.07, 6.45) is 3.13. The third-order valence-electron chi connectivity index (χ3n) is 5.18. The maximum absolute atomic E-state index is 12.5. The Hall–Kier alpha value is -1.92. The third-order valence-corrected chi connectivity index (χ3v) is 5.18. The Morgan fingerprint density at radius 3 is 2.68 bits per heavy atom. The Labute approximate surface area is 148 Å². The van der Waals surface area contributed by atoms with E-state index < -0.39 is 5.54 Å². The van der Waals surface area contributed by atoms with Gasteiger partial charge < -0.3 is 20.7 Å². The number of amides is 2. The van der Waals surface area contributed by atoms with Crippen molar-refractivity contribution in [3.63, 3.8) is 0 Å². The summed E-state index contributed by atoms with van der Waals surface area (Å²) in [6.45, 7) is 2.32. The molecule has 0 aliphatic carbocycles. The van der Waals surface area contributed by atoms with Crippen molar-refractivity contribution in [3.05, 3.63) is 35.9 Å². The Balaban J connectivity index is 1.45. The van der Waals surface area contributed by atoms with Gasteiger partial charge in [-0.15, -0.1) is 0 Å². The van der Waals surface area contributed by atoms with Crippen molar-refractivity contribution in [2.75, 3.05) is 26.3 Å². The van der Waals surface area contributed by atoms with Crippen LogP contribution in [0, 0.1) is 0 Å². The monoisotopic (exact) mass is 345 g/mol. The highest BCUT2D eigenvalue weighted by atomic mass is 16.5. The first-order valence-corrected chi connectivity index (χ1v) is 9.06. The van der Waals surface area contributed by atoms with E-state index in [1.54, 1.807) is 0 Å². The van der Waals surface area contributed by atoms with Crippen molar-refractivity contribution in [3.8, 4) is 0 Å². The van der Waals surface area contributed by atoms with Gasteiger partial charge in [0.25, 0.3) is 0 Å². The van der Waals surface area contributed by atoms with Crippen LogP contribution in [0.5, 0.6) is 0 Å². The number of hydrogen-bond acceptors (Lipinski definition) is 4. The second kappa shape index (κ2) is 7.97. The molecule has 6 heteroatoms. The molecule has 3 rings (SSSR count). The number of nitrogens with one attached hydrogen (secondary N) is 1. The zero-order valence-electron chi connectivity index (χ0n) is 14.6. The number of likely N-dealkylation sites (tertiary alicyclic amines) is 1. The lowest BCUT2D eigenvalue weighted by molar-refractivity contribution is -0.132. The molecule has 1 aromatic carbocycles. The van der Waals surface area contributed by atoms with Gasteiger partial charge in [0.1, 0.15) is 0 Å². The van der Waals surface area contributed by atoms with Crippen LogP contribution in [0.25, 0.3) is 0 Å². The summed E-state index contributed by atoms with van der Waals surface area (Å²) in [5.74, 6) is 0.0357. The van der Waals surface area contributed by atoms with E-state index in [1.807, 2.05) is 35.2 Å². The van der Waals surface area contributed by atoms with Gasteiger partial charge >= 0.3 is 0 Å². The second-order valence-electron chi connectivity index (χ2n) is 7.05. The fourth-order valence-electron chi connectivity index (χ4n) is 3.45. The molecule has 0 spiro atoms. The molecular formula is C19H27N3O3. The molecule has 6 nitrogen and oxygen atoms in total. The Morgan fingerprint density at radius 2 is 1.96 bits per heavy atom. The molecule has 2 saturated heterocycles. The zero-order chi connectivity index (χ0) is 17.7. The molecule has 2 aliphatic rings. The number of hydrogen-bond donors (Lipinski definition) is 2. The van der Waals surface area contributed by atoms with Crippen molar-refractivity contribution >= 4 is 11.8 Å². The van der Waals surface area contributed by atoms with Gasteiger partial charge in [-0.2, -0.15) is 0 Å². The first kappa shape index (κ1) is 17.9. The fraction of sp³-hybridized carbons (Fsp3) is 0.579. The summed E-state index contributed by atoms with van der Waals surface area (Å²) in [4.78, 5) is 26.7. The number of nitrogens with zero attached hydrogens (tertiary/aromatic N) is 1. The van der Waals surface area contributed by atoms with Gasteiger partial charge in [0.15, 0.2) is 0 Å². The van der Waals surface area contributed by atoms with Gasteiger partial charge in [-0.05, 0) is 31.2 Å². The number of carbonyl (C=O) groups is 2. The quantitative estimate of drug-likeness (QED) is 0.828. The van der Waals surface area contributed by atoms with Crippen LogP contribution in [-0.2, 0) is 20.7 Å². The molecule has 2 heterocycles. The van der Waals surface area contributed by atoms with Crippen molar-refractivity contribution in [2.45, 2.75) is 43.7 Å². The summed E-state index contributed by atoms with van der Waals surface area (Å²) >= 11 is 0. The van der Waals surface area contributed by atoms with E-state index in [4.69, 9.17) is 10.5 Å². The number of nitrogens with two attached hydrogens (primary N) is 1. The van der Waals surface area contributed by atoms with Crippen LogP contribution in [0.3, 0.4) is 0 Å². The van der Waals surface area contributed by atoms with E-state index in [0.717, 1.165) is 12.8 Å². The second-order valence-corrected chi connectivity index (χ2v) is 7.05. The topological polar surface area (TPSA) is 84.7 Å². The molecule has 2 aliphatic heterocycles. The lowest BCUT2D eigenvalue weighted by atomic mass is 9.90. The standard InChI is InChI=1S/C19H27N3O3/c20-19(9-12-25-13-10-19)18(24)21-16-8-11-22(14-16)17(23)7-6-15-4-2-1-3-5-15/h1-5,16H,6-14,20H2,(H,21,24). The van der Waals surface area contributed by atoms with E-state index >= 15 is 0 Å². The summed E-state index contributed by atoms with van der Waals surface area (Å²) in [5, 5.41) is 3.03. The van der Waals surface area contributed by atoms with E-state index in [-0.39, 0.29) is 17.9 Å². The smallest absolute Gasteiger partial charge is 0.240 e. The molecule has 136 valence electrons. The normalized spacial score (nSPS) is 22.6. The largest absolute Gasteiger partial charge is 0.381 e. The predicted molar refractivity (Wildman–Crippen MR) is 94.9 cm³/mol. The van der Waals surface area contributed by atoms with Gasteiger partial charge in [-0.1, -0.05) is 30.3 Å². The minimum Gasteiger partial charge on any atom is -0.381 e. The van der Waals surface area contributed by atoms with Crippen molar-refractivity contribution < 1.29 is 14.3 Å². The molecule has 2 amide bonds. The molecule has 1 aromatic rings. The molecule has 0 bridgehead atoms. The Bertz CT molecular complexity index is 599. The summed E-state index contributed by atoms with van der Waals surface area (Å²) in [5.41, 5.74) is 6.56. The molecule has 0 radical (unpaired) electrons. The first-order valence-electron chi connectivity index (χ1n) is 9.06. The maximum atomic E-state index is 12.5. The molecular weight excluding hydrogens is 318 g/mol. The van der Waals surface area contributed by atoms with Crippen molar-refractivity contribution in [2.24, 2.45) is 5.73 Å². The van der Waals surface area contributed by atoms with Gasteiger partial charge in [-0.25, -0.2) is 0 Å². The molecule has 25 heavy (non-hydrogen) atoms. The highest BCUT2D eigenvalue weighted by Crippen LogP contribution is 2.19. The fourth-order valence-corrected chi connectivity index (χ4v) is 3.45. The van der Waals surface area contributed by atoms with Crippen molar-refractivity contribution in [1.82, 2.24) is 10.2 Å². The molecule has 3 N–H and O–H groups in total. The van der Waals surface area contributed by atoms with Gasteiger partial charge in [-0.3, -0.25) is 9.59 Å². The van der Waals surface area contributed by atoms with E-state index in [0.29, 0.717) is 45.6 Å². The van der Waals surface area contributed by atoms with Crippen molar-refractivity contribution in [1.29, 1.82) is 0 Å². The van der Waals surface area contributed by atoms with Gasteiger partial charge in [0.2, 0.25) is 11.8 Å². The van der Waals surface area contributed by atoms with Crippen LogP contribution < -0.4 is 11.1 Å². The van der Waals surface area contributed by atoms with Crippen LogP contribution in [0.2, 0.25) is 0 Å². The predicted octanol–water partition coefficient (Wildman–Crippen LogP) is 0.844. The number of benzene rings is 1. The highest BCUT2D eigenvalue weighted by Gasteiger charge is 2.38. The summed E-state index contributed by atoms with van der Waals surface area (Å²) < 4.78 is 5.28. The van der Waals surface area contributed by atoms with Crippen LogP contribution in [0.15, 0.2) is 30.3 Å². The molecule has 0 saturated carbocycles. The first-order chi connectivity index (χ1) is 12.1. The number of rotatable bonds is 5. The molecule has 0 aromatic heterocycles. The SMILES string of the molecule is NC1(C(=O)NC2CCN(C(=O)CCc3ccccc3)C2)CCOCC1. The van der Waals surface area contributed by atoms with Crippen LogP contribution >= 0.6 is 0 Å². The molecule has 2 fully saturated rings. The summed E-state index contributed by atoms with van der Waals surface area (Å²) in [6, 6.07) is 10.0. The Morgan fingerprint density at radius 1 is 1.24 bits per heavy atom. The Kier molecular flexibility index (Phi) is 5.71.